The molecule has 1 saturated heterocycles. The van der Waals surface area contributed by atoms with Gasteiger partial charge in [-0.25, -0.2) is 4.79 Å². The highest BCUT2D eigenvalue weighted by Gasteiger charge is 2.31. The van der Waals surface area contributed by atoms with Crippen LogP contribution in [0, 0.1) is 0 Å². The Labute approximate surface area is 219 Å². The first-order valence-corrected chi connectivity index (χ1v) is 12.9. The van der Waals surface area contributed by atoms with Crippen molar-refractivity contribution in [2.75, 3.05) is 19.0 Å². The molecule has 3 aromatic rings. The summed E-state index contributed by atoms with van der Waals surface area (Å²) < 4.78 is 5.24. The molecule has 8 heteroatoms. The van der Waals surface area contributed by atoms with E-state index < -0.39 is 5.97 Å². The van der Waals surface area contributed by atoms with Crippen molar-refractivity contribution in [1.82, 2.24) is 4.90 Å². The normalized spacial score (nSPS) is 14.5. The smallest absolute Gasteiger partial charge is 0.337 e. The van der Waals surface area contributed by atoms with E-state index >= 15 is 0 Å². The van der Waals surface area contributed by atoms with Gasteiger partial charge in [-0.1, -0.05) is 78.9 Å². The van der Waals surface area contributed by atoms with E-state index in [9.17, 15) is 14.4 Å². The second-order valence-corrected chi connectivity index (χ2v) is 10.0. The van der Waals surface area contributed by atoms with Gasteiger partial charge in [-0.2, -0.15) is 0 Å². The zero-order valence-electron chi connectivity index (χ0n) is 19.9. The molecule has 0 unspecified atom stereocenters. The van der Waals surface area contributed by atoms with Crippen LogP contribution in [0.1, 0.15) is 41.6 Å². The lowest BCUT2D eigenvalue weighted by atomic mass is 10.1. The number of ether oxygens (including phenoxy) is 1. The molecular formula is C28H26N2O4S2. The SMILES string of the molecule is COC(=O)c1ccc(C=C2SC(=S)N(CCCCCC(=O)Nc3cccc4ccccc34)C2=O)cc1. The fourth-order valence-corrected chi connectivity index (χ4v) is 5.27. The lowest BCUT2D eigenvalue weighted by molar-refractivity contribution is -0.122. The topological polar surface area (TPSA) is 75.7 Å². The predicted molar refractivity (Wildman–Crippen MR) is 149 cm³/mol. The minimum Gasteiger partial charge on any atom is -0.465 e. The number of hydrogen-bond donors (Lipinski definition) is 1. The largest absolute Gasteiger partial charge is 0.465 e. The van der Waals surface area contributed by atoms with Gasteiger partial charge in [0.1, 0.15) is 4.32 Å². The lowest BCUT2D eigenvalue weighted by Crippen LogP contribution is -2.29. The van der Waals surface area contributed by atoms with Crippen molar-refractivity contribution in [1.29, 1.82) is 0 Å². The number of carbonyl (C=O) groups excluding carboxylic acids is 3. The van der Waals surface area contributed by atoms with Gasteiger partial charge in [-0.3, -0.25) is 14.5 Å². The molecule has 4 rings (SSSR count). The Morgan fingerprint density at radius 3 is 2.53 bits per heavy atom. The molecule has 0 bridgehead atoms. The predicted octanol–water partition coefficient (Wildman–Crippen LogP) is 6.03. The summed E-state index contributed by atoms with van der Waals surface area (Å²) in [5.41, 5.74) is 2.08. The third kappa shape index (κ3) is 6.19. The number of nitrogens with one attached hydrogen (secondary N) is 1. The van der Waals surface area contributed by atoms with Crippen molar-refractivity contribution in [3.63, 3.8) is 0 Å². The molecule has 1 heterocycles. The van der Waals surface area contributed by atoms with E-state index in [2.05, 4.69) is 5.32 Å². The van der Waals surface area contributed by atoms with Crippen LogP contribution in [0.25, 0.3) is 16.8 Å². The molecule has 6 nitrogen and oxygen atoms in total. The van der Waals surface area contributed by atoms with E-state index in [0.717, 1.165) is 41.3 Å². The molecule has 184 valence electrons. The Morgan fingerprint density at radius 2 is 1.75 bits per heavy atom. The number of benzene rings is 3. The molecule has 1 N–H and O–H groups in total. The number of thioether (sulfide) groups is 1. The van der Waals surface area contributed by atoms with Crippen LogP contribution in [0.2, 0.25) is 0 Å². The number of anilines is 1. The Morgan fingerprint density at radius 1 is 1.00 bits per heavy atom. The summed E-state index contributed by atoms with van der Waals surface area (Å²) in [5.74, 6) is -0.534. The monoisotopic (exact) mass is 518 g/mol. The Bertz CT molecular complexity index is 1330. The highest BCUT2D eigenvalue weighted by Crippen LogP contribution is 2.33. The minimum atomic E-state index is -0.404. The molecule has 0 spiro atoms. The Balaban J connectivity index is 1.23. The fraction of sp³-hybridized carbons (Fsp3) is 0.214. The van der Waals surface area contributed by atoms with Crippen molar-refractivity contribution in [3.8, 4) is 0 Å². The molecule has 0 radical (unpaired) electrons. The summed E-state index contributed by atoms with van der Waals surface area (Å²) >= 11 is 6.69. The first kappa shape index (κ1) is 25.6. The molecule has 36 heavy (non-hydrogen) atoms. The number of thiocarbonyl (C=S) groups is 1. The van der Waals surface area contributed by atoms with E-state index in [1.54, 1.807) is 35.2 Å². The molecule has 0 atom stereocenters. The molecule has 1 aliphatic rings. The van der Waals surface area contributed by atoms with E-state index in [-0.39, 0.29) is 11.8 Å². The third-order valence-electron chi connectivity index (χ3n) is 5.85. The van der Waals surface area contributed by atoms with E-state index in [0.29, 0.717) is 27.8 Å². The number of nitrogens with zero attached hydrogens (tertiary/aromatic N) is 1. The van der Waals surface area contributed by atoms with E-state index in [1.165, 1.54) is 18.9 Å². The first-order chi connectivity index (χ1) is 17.5. The van der Waals surface area contributed by atoms with Gasteiger partial charge in [0.25, 0.3) is 5.91 Å². The highest BCUT2D eigenvalue weighted by molar-refractivity contribution is 8.26. The van der Waals surface area contributed by atoms with Crippen molar-refractivity contribution in [2.45, 2.75) is 25.7 Å². The Hall–Kier alpha value is -3.49. The first-order valence-electron chi connectivity index (χ1n) is 11.7. The number of methoxy groups -OCH3 is 1. The minimum absolute atomic E-state index is 0.0156. The number of unbranched alkanes of at least 4 members (excludes halogenated alkanes) is 2. The number of hydrogen-bond acceptors (Lipinski definition) is 6. The summed E-state index contributed by atoms with van der Waals surface area (Å²) in [5, 5.41) is 5.12. The molecule has 2 amide bonds. The summed E-state index contributed by atoms with van der Waals surface area (Å²) in [6, 6.07) is 20.7. The number of rotatable bonds is 9. The summed E-state index contributed by atoms with van der Waals surface area (Å²) in [4.78, 5) is 39.0. The van der Waals surface area contributed by atoms with Gasteiger partial charge in [0.05, 0.1) is 17.6 Å². The average Bonchev–Trinajstić information content (AvgIpc) is 3.16. The molecule has 0 saturated carbocycles. The maximum Gasteiger partial charge on any atom is 0.337 e. The van der Waals surface area contributed by atoms with Gasteiger partial charge < -0.3 is 10.1 Å². The number of fused-ring (bicyclic) bond motifs is 1. The fourth-order valence-electron chi connectivity index (χ4n) is 3.96. The molecule has 1 fully saturated rings. The van der Waals surface area contributed by atoms with E-state index in [1.807, 2.05) is 42.5 Å². The van der Waals surface area contributed by atoms with Crippen LogP contribution in [-0.4, -0.2) is 40.7 Å². The summed E-state index contributed by atoms with van der Waals surface area (Å²) in [6.45, 7) is 0.522. The van der Waals surface area contributed by atoms with Crippen molar-refractivity contribution in [3.05, 3.63) is 82.8 Å². The molecule has 0 aliphatic carbocycles. The average molecular weight is 519 g/mol. The van der Waals surface area contributed by atoms with Crippen LogP contribution in [-0.2, 0) is 14.3 Å². The van der Waals surface area contributed by atoms with Gasteiger partial charge in [0.2, 0.25) is 5.91 Å². The van der Waals surface area contributed by atoms with E-state index in [4.69, 9.17) is 17.0 Å². The number of amides is 2. The second kappa shape index (κ2) is 12.0. The van der Waals surface area contributed by atoms with Crippen molar-refractivity contribution in [2.24, 2.45) is 0 Å². The quantitative estimate of drug-likeness (QED) is 0.161. The number of carbonyl (C=O) groups is 3. The molecular weight excluding hydrogens is 492 g/mol. The molecule has 1 aliphatic heterocycles. The van der Waals surface area contributed by atoms with Gasteiger partial charge >= 0.3 is 5.97 Å². The zero-order valence-corrected chi connectivity index (χ0v) is 21.5. The van der Waals surface area contributed by atoms with Crippen LogP contribution in [0.15, 0.2) is 71.6 Å². The Kier molecular flexibility index (Phi) is 8.51. The summed E-state index contributed by atoms with van der Waals surface area (Å²) in [6.07, 6.45) is 4.50. The van der Waals surface area contributed by atoms with Crippen molar-refractivity contribution >= 4 is 68.6 Å². The maximum atomic E-state index is 12.8. The summed E-state index contributed by atoms with van der Waals surface area (Å²) in [7, 11) is 1.34. The van der Waals surface area contributed by atoms with Crippen LogP contribution in [0.3, 0.4) is 0 Å². The van der Waals surface area contributed by atoms with Gasteiger partial charge in [-0.05, 0) is 48.1 Å². The van der Waals surface area contributed by atoms with Gasteiger partial charge in [0, 0.05) is 24.0 Å². The zero-order chi connectivity index (χ0) is 25.5. The van der Waals surface area contributed by atoms with Gasteiger partial charge in [0.15, 0.2) is 0 Å². The molecule has 3 aromatic carbocycles. The number of esters is 1. The van der Waals surface area contributed by atoms with Crippen molar-refractivity contribution < 1.29 is 19.1 Å². The lowest BCUT2D eigenvalue weighted by Gasteiger charge is -2.14. The van der Waals surface area contributed by atoms with Crippen LogP contribution < -0.4 is 5.32 Å². The van der Waals surface area contributed by atoms with Crippen LogP contribution in [0.5, 0.6) is 0 Å². The molecule has 0 aromatic heterocycles. The second-order valence-electron chi connectivity index (χ2n) is 8.33. The van der Waals surface area contributed by atoms with Crippen LogP contribution >= 0.6 is 24.0 Å². The maximum absolute atomic E-state index is 12.8. The van der Waals surface area contributed by atoms with Gasteiger partial charge in [-0.15, -0.1) is 0 Å². The highest BCUT2D eigenvalue weighted by atomic mass is 32.2. The van der Waals surface area contributed by atoms with Crippen LogP contribution in [0.4, 0.5) is 5.69 Å². The standard InChI is InChI=1S/C28H26N2O4S2/c1-34-27(33)21-15-13-19(14-16-21)18-24-26(32)30(28(35)36-24)17-6-2-3-12-25(31)29-23-11-7-9-20-8-4-5-10-22(20)23/h4-5,7-11,13-16,18H,2-3,6,12,17H2,1H3,(H,29,31). The third-order valence-corrected chi connectivity index (χ3v) is 7.23.